The summed E-state index contributed by atoms with van der Waals surface area (Å²) >= 11 is 7.16. The van der Waals surface area contributed by atoms with E-state index in [1.165, 1.54) is 30.0 Å². The van der Waals surface area contributed by atoms with E-state index in [2.05, 4.69) is 0 Å². The van der Waals surface area contributed by atoms with Crippen LogP contribution in [0.5, 0.6) is 0 Å². The lowest BCUT2D eigenvalue weighted by atomic mass is 10.2. The maximum atomic E-state index is 12.9. The first-order chi connectivity index (χ1) is 8.15. The Morgan fingerprint density at radius 2 is 1.88 bits per heavy atom. The molecule has 0 nitrogen and oxygen atoms in total. The van der Waals surface area contributed by atoms with Crippen LogP contribution in [0.15, 0.2) is 47.4 Å². The van der Waals surface area contributed by atoms with Gasteiger partial charge < -0.3 is 0 Å². The summed E-state index contributed by atoms with van der Waals surface area (Å²) in [5.41, 5.74) is 0.885. The van der Waals surface area contributed by atoms with Crippen molar-refractivity contribution < 1.29 is 8.78 Å². The molecule has 2 aromatic carbocycles. The van der Waals surface area contributed by atoms with Crippen molar-refractivity contribution in [3.8, 4) is 0 Å². The summed E-state index contributed by atoms with van der Waals surface area (Å²) in [6, 6.07) is 11.0. The van der Waals surface area contributed by atoms with Gasteiger partial charge in [0.15, 0.2) is 0 Å². The maximum Gasteiger partial charge on any atom is 0.141 e. The van der Waals surface area contributed by atoms with Crippen molar-refractivity contribution in [1.29, 1.82) is 0 Å². The van der Waals surface area contributed by atoms with Gasteiger partial charge in [-0.1, -0.05) is 23.7 Å². The third kappa shape index (κ3) is 3.45. The van der Waals surface area contributed by atoms with Crippen molar-refractivity contribution >= 4 is 23.4 Å². The summed E-state index contributed by atoms with van der Waals surface area (Å²) in [6.45, 7) is 0. The SMILES string of the molecule is Fc1cccc(CSc2ccc(F)c(Cl)c2)c1. The smallest absolute Gasteiger partial charge is 0.141 e. The topological polar surface area (TPSA) is 0 Å². The van der Waals surface area contributed by atoms with Gasteiger partial charge in [0.1, 0.15) is 11.6 Å². The van der Waals surface area contributed by atoms with Gasteiger partial charge in [0.2, 0.25) is 0 Å². The van der Waals surface area contributed by atoms with Crippen molar-refractivity contribution in [2.45, 2.75) is 10.6 Å². The molecule has 4 heteroatoms. The van der Waals surface area contributed by atoms with Crippen molar-refractivity contribution in [3.63, 3.8) is 0 Å². The molecule has 0 aromatic heterocycles. The van der Waals surface area contributed by atoms with Crippen LogP contribution < -0.4 is 0 Å². The highest BCUT2D eigenvalue weighted by molar-refractivity contribution is 7.98. The Bertz CT molecular complexity index is 529. The van der Waals surface area contributed by atoms with Gasteiger partial charge in [0.25, 0.3) is 0 Å². The van der Waals surface area contributed by atoms with E-state index in [1.54, 1.807) is 18.2 Å². The highest BCUT2D eigenvalue weighted by Crippen LogP contribution is 2.26. The molecular weight excluding hydrogens is 262 g/mol. The Balaban J connectivity index is 2.05. The van der Waals surface area contributed by atoms with E-state index >= 15 is 0 Å². The standard InChI is InChI=1S/C13H9ClF2S/c14-12-7-11(4-5-13(12)16)17-8-9-2-1-3-10(15)6-9/h1-7H,8H2. The van der Waals surface area contributed by atoms with E-state index in [0.29, 0.717) is 5.75 Å². The Kier molecular flexibility index (Phi) is 4.02. The number of rotatable bonds is 3. The third-order valence-corrected chi connectivity index (χ3v) is 3.54. The molecule has 0 amide bonds. The maximum absolute atomic E-state index is 12.9. The van der Waals surface area contributed by atoms with Gasteiger partial charge in [-0.3, -0.25) is 0 Å². The molecule has 0 N–H and O–H groups in total. The molecule has 0 bridgehead atoms. The predicted molar refractivity (Wildman–Crippen MR) is 67.4 cm³/mol. The fraction of sp³-hybridized carbons (Fsp3) is 0.0769. The molecule has 0 radical (unpaired) electrons. The zero-order valence-electron chi connectivity index (χ0n) is 8.79. The van der Waals surface area contributed by atoms with Crippen LogP contribution in [0.4, 0.5) is 8.78 Å². The summed E-state index contributed by atoms with van der Waals surface area (Å²) < 4.78 is 25.9. The molecule has 0 aliphatic rings. The fourth-order valence-corrected chi connectivity index (χ4v) is 2.48. The molecule has 2 rings (SSSR count). The van der Waals surface area contributed by atoms with E-state index in [-0.39, 0.29) is 10.8 Å². The number of benzene rings is 2. The van der Waals surface area contributed by atoms with Gasteiger partial charge in [-0.2, -0.15) is 0 Å². The zero-order valence-corrected chi connectivity index (χ0v) is 10.4. The Hall–Kier alpha value is -1.06. The third-order valence-electron chi connectivity index (χ3n) is 2.19. The van der Waals surface area contributed by atoms with Gasteiger partial charge >= 0.3 is 0 Å². The van der Waals surface area contributed by atoms with Crippen molar-refractivity contribution in [3.05, 3.63) is 64.7 Å². The average Bonchev–Trinajstić information content (AvgIpc) is 2.31. The first-order valence-electron chi connectivity index (χ1n) is 4.97. The number of thioether (sulfide) groups is 1. The highest BCUT2D eigenvalue weighted by atomic mass is 35.5. The Morgan fingerprint density at radius 3 is 2.59 bits per heavy atom. The van der Waals surface area contributed by atoms with Gasteiger partial charge in [0.05, 0.1) is 5.02 Å². The molecule has 0 spiro atoms. The lowest BCUT2D eigenvalue weighted by Gasteiger charge is -2.03. The zero-order chi connectivity index (χ0) is 12.3. The minimum atomic E-state index is -0.429. The van der Waals surface area contributed by atoms with Gasteiger partial charge in [-0.25, -0.2) is 8.78 Å². The second-order valence-electron chi connectivity index (χ2n) is 3.49. The van der Waals surface area contributed by atoms with Crippen LogP contribution in [-0.4, -0.2) is 0 Å². The molecule has 0 saturated heterocycles. The molecule has 0 fully saturated rings. The Labute approximate surface area is 108 Å². The molecule has 0 unspecified atom stereocenters. The molecule has 0 aliphatic carbocycles. The normalized spacial score (nSPS) is 10.5. The van der Waals surface area contributed by atoms with Crippen LogP contribution in [0.2, 0.25) is 5.02 Å². The minimum Gasteiger partial charge on any atom is -0.207 e. The van der Waals surface area contributed by atoms with Crippen LogP contribution in [0.3, 0.4) is 0 Å². The second-order valence-corrected chi connectivity index (χ2v) is 4.95. The number of hydrogen-bond acceptors (Lipinski definition) is 1. The van der Waals surface area contributed by atoms with Crippen molar-refractivity contribution in [2.24, 2.45) is 0 Å². The molecular formula is C13H9ClF2S. The fourth-order valence-electron chi connectivity index (χ4n) is 1.36. The van der Waals surface area contributed by atoms with Gasteiger partial charge in [0, 0.05) is 10.6 Å². The van der Waals surface area contributed by atoms with Crippen LogP contribution in [0.25, 0.3) is 0 Å². The lowest BCUT2D eigenvalue weighted by molar-refractivity contribution is 0.626. The molecule has 0 atom stereocenters. The van der Waals surface area contributed by atoms with Crippen LogP contribution in [0, 0.1) is 11.6 Å². The minimum absolute atomic E-state index is 0.106. The van der Waals surface area contributed by atoms with Crippen molar-refractivity contribution in [2.75, 3.05) is 0 Å². The Morgan fingerprint density at radius 1 is 1.06 bits per heavy atom. The number of hydrogen-bond donors (Lipinski definition) is 0. The predicted octanol–water partition coefficient (Wildman–Crippen LogP) is 4.91. The summed E-state index contributed by atoms with van der Waals surface area (Å²) in [5, 5.41) is 0.106. The van der Waals surface area contributed by atoms with E-state index in [1.807, 2.05) is 6.07 Å². The van der Waals surface area contributed by atoms with E-state index in [9.17, 15) is 8.78 Å². The molecule has 0 saturated carbocycles. The largest absolute Gasteiger partial charge is 0.207 e. The van der Waals surface area contributed by atoms with Crippen molar-refractivity contribution in [1.82, 2.24) is 0 Å². The van der Waals surface area contributed by atoms with E-state index in [0.717, 1.165) is 10.5 Å². The first kappa shape index (κ1) is 12.4. The summed E-state index contributed by atoms with van der Waals surface area (Å²) in [7, 11) is 0. The first-order valence-corrected chi connectivity index (χ1v) is 6.34. The summed E-state index contributed by atoms with van der Waals surface area (Å²) in [5.74, 6) is -0.0540. The number of halogens is 3. The van der Waals surface area contributed by atoms with Gasteiger partial charge in [-0.15, -0.1) is 11.8 Å². The van der Waals surface area contributed by atoms with Crippen LogP contribution >= 0.6 is 23.4 Å². The summed E-state index contributed by atoms with van der Waals surface area (Å²) in [6.07, 6.45) is 0. The molecule has 0 aliphatic heterocycles. The van der Waals surface area contributed by atoms with Gasteiger partial charge in [-0.05, 0) is 35.9 Å². The summed E-state index contributed by atoms with van der Waals surface area (Å²) in [4.78, 5) is 0.862. The van der Waals surface area contributed by atoms with E-state index < -0.39 is 5.82 Å². The molecule has 17 heavy (non-hydrogen) atoms. The van der Waals surface area contributed by atoms with Crippen LogP contribution in [0.1, 0.15) is 5.56 Å². The molecule has 0 heterocycles. The molecule has 2 aromatic rings. The quantitative estimate of drug-likeness (QED) is 0.714. The molecule has 88 valence electrons. The van der Waals surface area contributed by atoms with E-state index in [4.69, 9.17) is 11.6 Å². The second kappa shape index (κ2) is 5.52. The monoisotopic (exact) mass is 270 g/mol. The average molecular weight is 271 g/mol. The highest BCUT2D eigenvalue weighted by Gasteiger charge is 2.02. The van der Waals surface area contributed by atoms with Crippen LogP contribution in [-0.2, 0) is 5.75 Å². The lowest BCUT2D eigenvalue weighted by Crippen LogP contribution is -1.83.